The number of carbonyl (C=O) groups is 2. The molecule has 1 fully saturated rings. The van der Waals surface area contributed by atoms with Crippen molar-refractivity contribution in [2.24, 2.45) is 5.41 Å². The summed E-state index contributed by atoms with van der Waals surface area (Å²) in [5, 5.41) is 18.7. The molecule has 7 nitrogen and oxygen atoms in total. The van der Waals surface area contributed by atoms with Gasteiger partial charge in [-0.25, -0.2) is 9.78 Å². The molecule has 0 bridgehead atoms. The molecule has 0 saturated heterocycles. The molecule has 0 aliphatic heterocycles. The molecule has 2 unspecified atom stereocenters. The summed E-state index contributed by atoms with van der Waals surface area (Å²) in [5.74, 6) is -0.277. The average molecular weight is 471 g/mol. The molecule has 2 aliphatic carbocycles. The largest absolute Gasteiger partial charge is 0.480 e. The maximum Gasteiger partial charge on any atom is 0.326 e. The zero-order valence-corrected chi connectivity index (χ0v) is 19.8. The lowest BCUT2D eigenvalue weighted by Gasteiger charge is -2.45. The number of fused-ring (bicyclic) bond motifs is 1. The highest BCUT2D eigenvalue weighted by molar-refractivity contribution is 6.05. The second-order valence-electron chi connectivity index (χ2n) is 9.54. The Balaban J connectivity index is 1.35. The lowest BCUT2D eigenvalue weighted by Crippen LogP contribution is -2.52. The maximum atomic E-state index is 12.5. The Labute approximate surface area is 204 Å². The van der Waals surface area contributed by atoms with E-state index in [4.69, 9.17) is 0 Å². The van der Waals surface area contributed by atoms with Gasteiger partial charge in [0.1, 0.15) is 11.9 Å². The standard InChI is InChI=1S/C28H30N4O3/c1-2-21(25(27(34)35)32-23-16-24(33)28(23)12-4-3-5-13-28)18-6-8-20(9-7-18)31-26-22-17-29-14-10-19(22)11-15-30-26/h6-11,14-17,21,25,32H,2-5,12-13H2,1H3,(H,30,31)(H,34,35). The summed E-state index contributed by atoms with van der Waals surface area (Å²) < 4.78 is 0. The molecule has 180 valence electrons. The van der Waals surface area contributed by atoms with Crippen LogP contribution >= 0.6 is 0 Å². The number of aliphatic carboxylic acids is 1. The molecule has 7 heteroatoms. The Bertz CT molecular complexity index is 1270. The summed E-state index contributed by atoms with van der Waals surface area (Å²) in [6.45, 7) is 2.00. The molecule has 2 aromatic heterocycles. The lowest BCUT2D eigenvalue weighted by atomic mass is 9.62. The van der Waals surface area contributed by atoms with Gasteiger partial charge in [0.25, 0.3) is 0 Å². The van der Waals surface area contributed by atoms with E-state index in [0.717, 1.165) is 65.6 Å². The van der Waals surface area contributed by atoms with Crippen molar-refractivity contribution >= 4 is 34.0 Å². The van der Waals surface area contributed by atoms with Gasteiger partial charge in [0.15, 0.2) is 5.78 Å². The lowest BCUT2D eigenvalue weighted by molar-refractivity contribution is -0.140. The van der Waals surface area contributed by atoms with Crippen molar-refractivity contribution in [3.8, 4) is 0 Å². The predicted octanol–water partition coefficient (Wildman–Crippen LogP) is 5.33. The topological polar surface area (TPSA) is 104 Å². The van der Waals surface area contributed by atoms with E-state index >= 15 is 0 Å². The number of carboxylic acid groups (broad SMARTS) is 1. The highest BCUT2D eigenvalue weighted by Gasteiger charge is 2.49. The van der Waals surface area contributed by atoms with Crippen LogP contribution in [0.5, 0.6) is 0 Å². The van der Waals surface area contributed by atoms with E-state index in [-0.39, 0.29) is 11.7 Å². The van der Waals surface area contributed by atoms with E-state index in [1.807, 2.05) is 43.3 Å². The van der Waals surface area contributed by atoms with Gasteiger partial charge in [-0.05, 0) is 54.5 Å². The van der Waals surface area contributed by atoms with Crippen molar-refractivity contribution in [1.29, 1.82) is 0 Å². The van der Waals surface area contributed by atoms with Crippen molar-refractivity contribution in [3.05, 3.63) is 72.3 Å². The number of ketones is 1. The molecule has 3 aromatic rings. The van der Waals surface area contributed by atoms with Gasteiger partial charge in [0.2, 0.25) is 0 Å². The molecule has 5 rings (SSSR count). The van der Waals surface area contributed by atoms with Crippen molar-refractivity contribution in [2.75, 3.05) is 5.32 Å². The van der Waals surface area contributed by atoms with Gasteiger partial charge < -0.3 is 15.7 Å². The fraction of sp³-hybridized carbons (Fsp3) is 0.357. The van der Waals surface area contributed by atoms with E-state index in [1.165, 1.54) is 0 Å². The number of benzene rings is 1. The van der Waals surface area contributed by atoms with Crippen LogP contribution in [-0.4, -0.2) is 32.9 Å². The SMILES string of the molecule is CCC(c1ccc(Nc2nccc3ccncc23)cc1)C(NC1=CC(=O)C12CCCCC2)C(=O)O. The quantitative estimate of drug-likeness (QED) is 0.409. The molecule has 1 spiro atoms. The summed E-state index contributed by atoms with van der Waals surface area (Å²) >= 11 is 0. The average Bonchev–Trinajstić information content (AvgIpc) is 2.89. The summed E-state index contributed by atoms with van der Waals surface area (Å²) in [7, 11) is 0. The second-order valence-corrected chi connectivity index (χ2v) is 9.54. The van der Waals surface area contributed by atoms with Crippen LogP contribution in [0.2, 0.25) is 0 Å². The highest BCUT2D eigenvalue weighted by atomic mass is 16.4. The number of nitrogens with zero attached hydrogens (tertiary/aromatic N) is 2. The first kappa shape index (κ1) is 23.0. The molecule has 35 heavy (non-hydrogen) atoms. The van der Waals surface area contributed by atoms with Crippen LogP contribution < -0.4 is 10.6 Å². The molecular formula is C28H30N4O3. The van der Waals surface area contributed by atoms with Gasteiger partial charge in [0, 0.05) is 47.4 Å². The number of pyridine rings is 2. The number of allylic oxidation sites excluding steroid dienone is 2. The van der Waals surface area contributed by atoms with Gasteiger partial charge in [-0.2, -0.15) is 0 Å². The first-order valence-corrected chi connectivity index (χ1v) is 12.3. The van der Waals surface area contributed by atoms with Crippen molar-refractivity contribution in [3.63, 3.8) is 0 Å². The molecule has 0 radical (unpaired) electrons. The number of hydrogen-bond donors (Lipinski definition) is 3. The molecular weight excluding hydrogens is 440 g/mol. The van der Waals surface area contributed by atoms with Crippen LogP contribution in [0.4, 0.5) is 11.5 Å². The van der Waals surface area contributed by atoms with Crippen LogP contribution in [0.1, 0.15) is 56.9 Å². The Morgan fingerprint density at radius 2 is 1.83 bits per heavy atom. The van der Waals surface area contributed by atoms with Gasteiger partial charge in [-0.3, -0.25) is 9.78 Å². The van der Waals surface area contributed by atoms with Gasteiger partial charge in [0.05, 0.1) is 5.41 Å². The maximum absolute atomic E-state index is 12.5. The Hall–Kier alpha value is -3.74. The van der Waals surface area contributed by atoms with Gasteiger partial charge in [-0.1, -0.05) is 38.3 Å². The molecule has 3 N–H and O–H groups in total. The minimum Gasteiger partial charge on any atom is -0.480 e. The summed E-state index contributed by atoms with van der Waals surface area (Å²) in [6.07, 6.45) is 12.3. The highest BCUT2D eigenvalue weighted by Crippen LogP contribution is 2.48. The number of rotatable bonds is 8. The van der Waals surface area contributed by atoms with E-state index in [9.17, 15) is 14.7 Å². The number of anilines is 2. The zero-order chi connectivity index (χ0) is 24.4. The number of hydrogen-bond acceptors (Lipinski definition) is 6. The Morgan fingerprint density at radius 1 is 1.09 bits per heavy atom. The summed E-state index contributed by atoms with van der Waals surface area (Å²) in [4.78, 5) is 33.5. The van der Waals surface area contributed by atoms with E-state index in [2.05, 4.69) is 20.6 Å². The first-order valence-electron chi connectivity index (χ1n) is 12.3. The Morgan fingerprint density at radius 3 is 2.51 bits per heavy atom. The first-order chi connectivity index (χ1) is 17.0. The second kappa shape index (κ2) is 9.49. The van der Waals surface area contributed by atoms with Crippen molar-refractivity contribution in [2.45, 2.75) is 57.4 Å². The molecule has 2 atom stereocenters. The fourth-order valence-corrected chi connectivity index (χ4v) is 5.54. The smallest absolute Gasteiger partial charge is 0.326 e. The van der Waals surface area contributed by atoms with Gasteiger partial charge >= 0.3 is 5.97 Å². The number of nitrogens with one attached hydrogen (secondary N) is 2. The van der Waals surface area contributed by atoms with E-state index < -0.39 is 17.4 Å². The molecule has 2 aliphatic rings. The van der Waals surface area contributed by atoms with Crippen LogP contribution in [0.25, 0.3) is 10.8 Å². The van der Waals surface area contributed by atoms with Gasteiger partial charge in [-0.15, -0.1) is 0 Å². The summed E-state index contributed by atoms with van der Waals surface area (Å²) in [5.41, 5.74) is 2.12. The number of carboxylic acids is 1. The normalized spacial score (nSPS) is 18.4. The third kappa shape index (κ3) is 4.27. The van der Waals surface area contributed by atoms with Crippen LogP contribution in [0, 0.1) is 5.41 Å². The predicted molar refractivity (Wildman–Crippen MR) is 135 cm³/mol. The zero-order valence-electron chi connectivity index (χ0n) is 19.8. The fourth-order valence-electron chi connectivity index (χ4n) is 5.54. The van der Waals surface area contributed by atoms with Crippen LogP contribution in [0.15, 0.2) is 66.8 Å². The molecule has 0 amide bonds. The third-order valence-electron chi connectivity index (χ3n) is 7.56. The van der Waals surface area contributed by atoms with Crippen LogP contribution in [0.3, 0.4) is 0 Å². The number of carbonyl (C=O) groups excluding carboxylic acids is 1. The minimum atomic E-state index is -0.905. The van der Waals surface area contributed by atoms with E-state index in [0.29, 0.717) is 6.42 Å². The molecule has 2 heterocycles. The number of aromatic nitrogens is 2. The van der Waals surface area contributed by atoms with Crippen molar-refractivity contribution < 1.29 is 14.7 Å². The summed E-state index contributed by atoms with van der Waals surface area (Å²) in [6, 6.07) is 10.9. The molecule has 1 saturated carbocycles. The molecule has 1 aromatic carbocycles. The minimum absolute atomic E-state index is 0.143. The van der Waals surface area contributed by atoms with Crippen LogP contribution in [-0.2, 0) is 9.59 Å². The van der Waals surface area contributed by atoms with E-state index in [1.54, 1.807) is 24.7 Å². The Kier molecular flexibility index (Phi) is 6.24. The monoisotopic (exact) mass is 470 g/mol. The third-order valence-corrected chi connectivity index (χ3v) is 7.56. The van der Waals surface area contributed by atoms with Crippen molar-refractivity contribution in [1.82, 2.24) is 15.3 Å².